The van der Waals surface area contributed by atoms with Gasteiger partial charge in [-0.25, -0.2) is 8.42 Å². The molecule has 1 atom stereocenters. The van der Waals surface area contributed by atoms with Gasteiger partial charge < -0.3 is 16.4 Å². The van der Waals surface area contributed by atoms with Crippen LogP contribution in [0.3, 0.4) is 0 Å². The van der Waals surface area contributed by atoms with Crippen molar-refractivity contribution in [2.24, 2.45) is 17.1 Å². The number of carbonyl (C=O) groups is 2. The highest BCUT2D eigenvalue weighted by Gasteiger charge is 2.45. The molecule has 0 aliphatic heterocycles. The molecule has 1 saturated carbocycles. The fraction of sp³-hybridized carbons (Fsp3) is 0.846. The first-order valence-corrected chi connectivity index (χ1v) is 9.08. The van der Waals surface area contributed by atoms with E-state index < -0.39 is 15.9 Å². The molecule has 1 aliphatic rings. The van der Waals surface area contributed by atoms with Crippen molar-refractivity contribution in [1.29, 1.82) is 0 Å². The summed E-state index contributed by atoms with van der Waals surface area (Å²) in [5.74, 6) is -0.612. The van der Waals surface area contributed by atoms with E-state index >= 15 is 0 Å². The van der Waals surface area contributed by atoms with Crippen molar-refractivity contribution in [2.45, 2.75) is 32.7 Å². The molecular weight excluding hydrogens is 330 g/mol. The van der Waals surface area contributed by atoms with Gasteiger partial charge in [0.15, 0.2) is 0 Å². The molecule has 130 valence electrons. The molecule has 0 unspecified atom stereocenters. The molecule has 1 aliphatic carbocycles. The molecule has 0 radical (unpaired) electrons. The molecule has 0 aromatic carbocycles. The van der Waals surface area contributed by atoms with Crippen LogP contribution in [0.4, 0.5) is 0 Å². The molecule has 0 saturated heterocycles. The van der Waals surface area contributed by atoms with Crippen LogP contribution in [0.25, 0.3) is 0 Å². The number of nitrogens with one attached hydrogen (secondary N) is 2. The molecule has 22 heavy (non-hydrogen) atoms. The molecule has 9 heteroatoms. The molecule has 0 heterocycles. The first-order chi connectivity index (χ1) is 9.55. The van der Waals surface area contributed by atoms with E-state index in [1.54, 1.807) is 0 Å². The number of hydrogen-bond donors (Lipinski definition) is 3. The number of nitrogens with two attached hydrogens (primary N) is 1. The Kier molecular flexibility index (Phi) is 7.80. The van der Waals surface area contributed by atoms with Crippen LogP contribution in [-0.2, 0) is 19.4 Å². The van der Waals surface area contributed by atoms with Crippen LogP contribution in [0.15, 0.2) is 0 Å². The highest BCUT2D eigenvalue weighted by Crippen LogP contribution is 2.45. The highest BCUT2D eigenvalue weighted by molar-refractivity contribution is 7.90. The van der Waals surface area contributed by atoms with Gasteiger partial charge in [-0.3, -0.25) is 9.59 Å². The van der Waals surface area contributed by atoms with E-state index in [1.165, 1.54) is 6.26 Å². The minimum atomic E-state index is -3.05. The van der Waals surface area contributed by atoms with Gasteiger partial charge in [0.25, 0.3) is 0 Å². The second-order valence-electron chi connectivity index (χ2n) is 6.33. The van der Waals surface area contributed by atoms with E-state index in [4.69, 9.17) is 5.73 Å². The number of hydrogen-bond acceptors (Lipinski definition) is 5. The van der Waals surface area contributed by atoms with Crippen molar-refractivity contribution >= 4 is 34.1 Å². The number of carbonyl (C=O) groups excluding carboxylic acids is 2. The van der Waals surface area contributed by atoms with Gasteiger partial charge in [0, 0.05) is 18.2 Å². The Morgan fingerprint density at radius 3 is 2.18 bits per heavy atom. The number of halogens is 1. The van der Waals surface area contributed by atoms with Crippen LogP contribution >= 0.6 is 12.4 Å². The van der Waals surface area contributed by atoms with E-state index in [-0.39, 0.29) is 47.9 Å². The zero-order chi connectivity index (χ0) is 16.3. The van der Waals surface area contributed by atoms with Crippen LogP contribution in [0.5, 0.6) is 0 Å². The lowest BCUT2D eigenvalue weighted by molar-refractivity contribution is -0.127. The third-order valence-electron chi connectivity index (χ3n) is 3.63. The van der Waals surface area contributed by atoms with Crippen LogP contribution in [0.2, 0.25) is 0 Å². The number of sulfone groups is 1. The van der Waals surface area contributed by atoms with Crippen molar-refractivity contribution in [3.8, 4) is 0 Å². The molecule has 0 aromatic heterocycles. The van der Waals surface area contributed by atoms with E-state index in [9.17, 15) is 18.0 Å². The summed E-state index contributed by atoms with van der Waals surface area (Å²) in [6.45, 7) is 3.83. The smallest absolute Gasteiger partial charge is 0.239 e. The fourth-order valence-corrected chi connectivity index (χ4v) is 3.54. The molecule has 4 N–H and O–H groups in total. The summed E-state index contributed by atoms with van der Waals surface area (Å²) in [6, 6.07) is -0.641. The van der Waals surface area contributed by atoms with E-state index in [0.29, 0.717) is 6.54 Å². The van der Waals surface area contributed by atoms with Gasteiger partial charge in [0.05, 0.1) is 18.3 Å². The Morgan fingerprint density at radius 1 is 1.23 bits per heavy atom. The van der Waals surface area contributed by atoms with E-state index in [1.807, 2.05) is 13.8 Å². The Balaban J connectivity index is 0.00000441. The Bertz CT molecular complexity index is 503. The maximum absolute atomic E-state index is 11.7. The topological polar surface area (TPSA) is 118 Å². The van der Waals surface area contributed by atoms with Crippen LogP contribution in [0.1, 0.15) is 26.7 Å². The van der Waals surface area contributed by atoms with Crippen molar-refractivity contribution < 1.29 is 18.0 Å². The summed E-state index contributed by atoms with van der Waals surface area (Å²) < 4.78 is 22.6. The van der Waals surface area contributed by atoms with Crippen LogP contribution in [-0.4, -0.2) is 51.4 Å². The maximum Gasteiger partial charge on any atom is 0.239 e. The zero-order valence-corrected chi connectivity index (χ0v) is 14.9. The lowest BCUT2D eigenvalue weighted by atomic mass is 10.1. The third-order valence-corrected chi connectivity index (χ3v) is 4.77. The maximum atomic E-state index is 11.7. The van der Waals surface area contributed by atoms with Crippen molar-refractivity contribution in [1.82, 2.24) is 10.6 Å². The average Bonchev–Trinajstić information content (AvgIpc) is 3.10. The van der Waals surface area contributed by atoms with Gasteiger partial charge in [-0.1, -0.05) is 13.8 Å². The number of amides is 2. The molecule has 1 rings (SSSR count). The monoisotopic (exact) mass is 355 g/mol. The predicted octanol–water partition coefficient (Wildman–Crippen LogP) is -0.551. The van der Waals surface area contributed by atoms with Crippen LogP contribution < -0.4 is 16.4 Å². The second kappa shape index (κ2) is 8.12. The molecular formula is C13H26ClN3O4S. The largest absolute Gasteiger partial charge is 0.354 e. The van der Waals surface area contributed by atoms with Gasteiger partial charge >= 0.3 is 0 Å². The first-order valence-electron chi connectivity index (χ1n) is 7.02. The molecule has 1 fully saturated rings. The summed E-state index contributed by atoms with van der Waals surface area (Å²) in [5, 5.41) is 5.15. The van der Waals surface area contributed by atoms with Gasteiger partial charge in [0.1, 0.15) is 9.84 Å². The molecule has 7 nitrogen and oxygen atoms in total. The minimum absolute atomic E-state index is 0. The fourth-order valence-electron chi connectivity index (χ4n) is 2.04. The normalized spacial score (nSPS) is 17.3. The summed E-state index contributed by atoms with van der Waals surface area (Å²) in [6.07, 6.45) is 2.79. The average molecular weight is 356 g/mol. The van der Waals surface area contributed by atoms with Gasteiger partial charge in [-0.2, -0.15) is 0 Å². The summed E-state index contributed by atoms with van der Waals surface area (Å²) in [7, 11) is -3.05. The SMILES string of the molecule is CC(C)[C@H](N)C(=O)NCC(=O)NCC1(CS(C)(=O)=O)CC1.Cl. The lowest BCUT2D eigenvalue weighted by Crippen LogP contribution is -2.47. The van der Waals surface area contributed by atoms with Gasteiger partial charge in [-0.05, 0) is 18.8 Å². The first kappa shape index (κ1) is 21.1. The Hall–Kier alpha value is -0.860. The molecule has 0 bridgehead atoms. The molecule has 0 spiro atoms. The molecule has 0 aromatic rings. The van der Waals surface area contributed by atoms with Gasteiger partial charge in [0.2, 0.25) is 11.8 Å². The van der Waals surface area contributed by atoms with Crippen molar-refractivity contribution in [3.05, 3.63) is 0 Å². The summed E-state index contributed by atoms with van der Waals surface area (Å²) >= 11 is 0. The summed E-state index contributed by atoms with van der Waals surface area (Å²) in [4.78, 5) is 23.3. The number of rotatable bonds is 8. The highest BCUT2D eigenvalue weighted by atomic mass is 35.5. The Labute approximate surface area is 138 Å². The lowest BCUT2D eigenvalue weighted by Gasteiger charge is -2.17. The minimum Gasteiger partial charge on any atom is -0.354 e. The zero-order valence-electron chi connectivity index (χ0n) is 13.2. The van der Waals surface area contributed by atoms with Crippen molar-refractivity contribution in [3.63, 3.8) is 0 Å². The quantitative estimate of drug-likeness (QED) is 0.539. The molecule has 2 amide bonds. The van der Waals surface area contributed by atoms with E-state index in [0.717, 1.165) is 12.8 Å². The predicted molar refractivity (Wildman–Crippen MR) is 87.5 cm³/mol. The summed E-state index contributed by atoms with van der Waals surface area (Å²) in [5.41, 5.74) is 5.34. The Morgan fingerprint density at radius 2 is 1.77 bits per heavy atom. The standard InChI is InChI=1S/C13H25N3O4S.ClH/c1-9(2)11(14)12(18)15-6-10(17)16-7-13(4-5-13)8-21(3,19)20;/h9,11H,4-8,14H2,1-3H3,(H,15,18)(H,16,17);1H/t11-;/m0./s1. The van der Waals surface area contributed by atoms with Crippen molar-refractivity contribution in [2.75, 3.05) is 25.1 Å². The third kappa shape index (κ3) is 7.42. The van der Waals surface area contributed by atoms with Gasteiger partial charge in [-0.15, -0.1) is 12.4 Å². The second-order valence-corrected chi connectivity index (χ2v) is 8.47. The van der Waals surface area contributed by atoms with E-state index in [2.05, 4.69) is 10.6 Å². The van der Waals surface area contributed by atoms with Crippen LogP contribution in [0, 0.1) is 11.3 Å².